The van der Waals surface area contributed by atoms with Crippen molar-refractivity contribution in [2.24, 2.45) is 5.11 Å². The van der Waals surface area contributed by atoms with E-state index in [4.69, 9.17) is 15.0 Å². The molecule has 2 atom stereocenters. The number of hydrogen-bond acceptors (Lipinski definition) is 4. The van der Waals surface area contributed by atoms with E-state index in [0.29, 0.717) is 6.61 Å². The minimum atomic E-state index is -0.475. The van der Waals surface area contributed by atoms with Crippen LogP contribution in [0.2, 0.25) is 0 Å². The Hall–Kier alpha value is -2.04. The number of azide groups is 1. The summed E-state index contributed by atoms with van der Waals surface area (Å²) in [6.45, 7) is 0.581. The molecule has 6 nitrogen and oxygen atoms in total. The van der Waals surface area contributed by atoms with Gasteiger partial charge in [0.2, 0.25) is 0 Å². The van der Waals surface area contributed by atoms with Gasteiger partial charge in [0.1, 0.15) is 12.1 Å². The maximum absolute atomic E-state index is 11.7. The van der Waals surface area contributed by atoms with Crippen LogP contribution in [0.1, 0.15) is 5.56 Å². The molecule has 0 aromatic heterocycles. The molecule has 2 rings (SSSR count). The van der Waals surface area contributed by atoms with Gasteiger partial charge in [-0.2, -0.15) is 0 Å². The molecule has 94 valence electrons. The summed E-state index contributed by atoms with van der Waals surface area (Å²) < 4.78 is 10.4. The van der Waals surface area contributed by atoms with E-state index < -0.39 is 12.1 Å². The Morgan fingerprint density at radius 2 is 2.22 bits per heavy atom. The second kappa shape index (κ2) is 6.05. The molecule has 1 aromatic rings. The molecule has 1 saturated heterocycles. The normalized spacial score (nSPS) is 22.2. The Bertz CT molecular complexity index is 457. The van der Waals surface area contributed by atoms with Crippen molar-refractivity contribution >= 4 is 5.97 Å². The molecular weight excluding hydrogens is 234 g/mol. The Morgan fingerprint density at radius 1 is 1.44 bits per heavy atom. The number of rotatable bonds is 4. The summed E-state index contributed by atoms with van der Waals surface area (Å²) in [6.07, 6.45) is -0.266. The summed E-state index contributed by atoms with van der Waals surface area (Å²) in [5.74, 6) is -0.338. The van der Waals surface area contributed by atoms with E-state index in [1.54, 1.807) is 0 Å². The Labute approximate surface area is 104 Å². The van der Waals surface area contributed by atoms with Crippen LogP contribution in [0.4, 0.5) is 0 Å². The Balaban J connectivity index is 1.89. The molecule has 1 aliphatic heterocycles. The standard InChI is InChI=1S/C12H13N3O3/c13-15-14-10-7-17-8-11(10)18-12(16)6-9-4-2-1-3-5-9/h1-5,10-11H,6-8H2/t10?,11-/m1/s1. The number of ether oxygens (including phenoxy) is 2. The fraction of sp³-hybridized carbons (Fsp3) is 0.417. The first-order valence-corrected chi connectivity index (χ1v) is 5.65. The number of carbonyl (C=O) groups excluding carboxylic acids is 1. The first-order chi connectivity index (χ1) is 8.79. The number of carbonyl (C=O) groups is 1. The molecule has 0 amide bonds. The van der Waals surface area contributed by atoms with E-state index in [1.807, 2.05) is 30.3 Å². The highest BCUT2D eigenvalue weighted by Crippen LogP contribution is 2.14. The lowest BCUT2D eigenvalue weighted by molar-refractivity contribution is -0.148. The fourth-order valence-electron chi connectivity index (χ4n) is 1.78. The van der Waals surface area contributed by atoms with Gasteiger partial charge in [-0.25, -0.2) is 0 Å². The average Bonchev–Trinajstić information content (AvgIpc) is 2.78. The third-order valence-corrected chi connectivity index (χ3v) is 2.67. The molecule has 0 radical (unpaired) electrons. The van der Waals surface area contributed by atoms with Gasteiger partial charge >= 0.3 is 5.97 Å². The Kier molecular flexibility index (Phi) is 4.17. The molecule has 18 heavy (non-hydrogen) atoms. The molecule has 1 heterocycles. The summed E-state index contributed by atoms with van der Waals surface area (Å²) in [5.41, 5.74) is 9.27. The third kappa shape index (κ3) is 3.23. The highest BCUT2D eigenvalue weighted by atomic mass is 16.6. The van der Waals surface area contributed by atoms with Crippen LogP contribution in [-0.4, -0.2) is 31.3 Å². The molecule has 0 N–H and O–H groups in total. The first-order valence-electron chi connectivity index (χ1n) is 5.65. The van der Waals surface area contributed by atoms with Crippen LogP contribution in [0.15, 0.2) is 35.4 Å². The number of nitrogens with zero attached hydrogens (tertiary/aromatic N) is 3. The van der Waals surface area contributed by atoms with Gasteiger partial charge in [-0.15, -0.1) is 0 Å². The van der Waals surface area contributed by atoms with Gasteiger partial charge in [-0.1, -0.05) is 35.4 Å². The van der Waals surface area contributed by atoms with Crippen molar-refractivity contribution < 1.29 is 14.3 Å². The second-order valence-corrected chi connectivity index (χ2v) is 4.00. The van der Waals surface area contributed by atoms with Crippen molar-refractivity contribution in [3.63, 3.8) is 0 Å². The summed E-state index contributed by atoms with van der Waals surface area (Å²) in [6, 6.07) is 8.91. The molecule has 0 spiro atoms. The lowest BCUT2D eigenvalue weighted by Gasteiger charge is -2.14. The van der Waals surface area contributed by atoms with Crippen LogP contribution < -0.4 is 0 Å². The average molecular weight is 247 g/mol. The SMILES string of the molecule is [N-]=[N+]=NC1COC[C@H]1OC(=O)Cc1ccccc1. The predicted octanol–water partition coefficient (Wildman–Crippen LogP) is 1.85. The molecular formula is C12H13N3O3. The zero-order valence-electron chi connectivity index (χ0n) is 9.73. The van der Waals surface area contributed by atoms with Crippen molar-refractivity contribution in [1.82, 2.24) is 0 Å². The van der Waals surface area contributed by atoms with Crippen LogP contribution in [-0.2, 0) is 20.7 Å². The largest absolute Gasteiger partial charge is 0.459 e. The predicted molar refractivity (Wildman–Crippen MR) is 63.8 cm³/mol. The highest BCUT2D eigenvalue weighted by Gasteiger charge is 2.30. The zero-order chi connectivity index (χ0) is 12.8. The Morgan fingerprint density at radius 3 is 2.94 bits per heavy atom. The van der Waals surface area contributed by atoms with Crippen LogP contribution in [0.25, 0.3) is 10.4 Å². The molecule has 6 heteroatoms. The number of esters is 1. The number of hydrogen-bond donors (Lipinski definition) is 0. The van der Waals surface area contributed by atoms with Gasteiger partial charge in [0.05, 0.1) is 19.6 Å². The van der Waals surface area contributed by atoms with Crippen LogP contribution in [0, 0.1) is 0 Å². The summed E-state index contributed by atoms with van der Waals surface area (Å²) in [7, 11) is 0. The van der Waals surface area contributed by atoms with Gasteiger partial charge in [-0.3, -0.25) is 4.79 Å². The minimum Gasteiger partial charge on any atom is -0.459 e. The zero-order valence-corrected chi connectivity index (χ0v) is 9.73. The lowest BCUT2D eigenvalue weighted by Crippen LogP contribution is -2.28. The van der Waals surface area contributed by atoms with Crippen molar-refractivity contribution in [2.45, 2.75) is 18.6 Å². The van der Waals surface area contributed by atoms with Gasteiger partial charge in [0, 0.05) is 4.91 Å². The molecule has 0 saturated carbocycles. The van der Waals surface area contributed by atoms with Crippen molar-refractivity contribution in [3.05, 3.63) is 46.3 Å². The summed E-state index contributed by atoms with van der Waals surface area (Å²) in [4.78, 5) is 14.4. The lowest BCUT2D eigenvalue weighted by atomic mass is 10.1. The maximum Gasteiger partial charge on any atom is 0.310 e. The molecule has 0 bridgehead atoms. The van der Waals surface area contributed by atoms with E-state index in [-0.39, 0.29) is 19.0 Å². The van der Waals surface area contributed by atoms with Gasteiger partial charge < -0.3 is 9.47 Å². The van der Waals surface area contributed by atoms with E-state index in [9.17, 15) is 4.79 Å². The maximum atomic E-state index is 11.7. The van der Waals surface area contributed by atoms with Crippen molar-refractivity contribution in [2.75, 3.05) is 13.2 Å². The fourth-order valence-corrected chi connectivity index (χ4v) is 1.78. The molecule has 1 unspecified atom stereocenters. The first kappa shape index (κ1) is 12.4. The topological polar surface area (TPSA) is 84.3 Å². The third-order valence-electron chi connectivity index (χ3n) is 2.67. The summed E-state index contributed by atoms with van der Waals surface area (Å²) >= 11 is 0. The van der Waals surface area contributed by atoms with E-state index in [2.05, 4.69) is 10.0 Å². The number of benzene rings is 1. The van der Waals surface area contributed by atoms with E-state index in [0.717, 1.165) is 5.56 Å². The summed E-state index contributed by atoms with van der Waals surface area (Å²) in [5, 5.41) is 3.54. The molecule has 1 aromatic carbocycles. The molecule has 1 fully saturated rings. The van der Waals surface area contributed by atoms with Crippen LogP contribution in [0.3, 0.4) is 0 Å². The van der Waals surface area contributed by atoms with E-state index >= 15 is 0 Å². The van der Waals surface area contributed by atoms with Gasteiger partial charge in [-0.05, 0) is 11.1 Å². The van der Waals surface area contributed by atoms with Crippen LogP contribution >= 0.6 is 0 Å². The van der Waals surface area contributed by atoms with Gasteiger partial charge in [0.25, 0.3) is 0 Å². The molecule has 1 aliphatic rings. The van der Waals surface area contributed by atoms with E-state index in [1.165, 1.54) is 0 Å². The quantitative estimate of drug-likeness (QED) is 0.352. The smallest absolute Gasteiger partial charge is 0.310 e. The highest BCUT2D eigenvalue weighted by molar-refractivity contribution is 5.72. The second-order valence-electron chi connectivity index (χ2n) is 4.00. The van der Waals surface area contributed by atoms with Crippen LogP contribution in [0.5, 0.6) is 0 Å². The van der Waals surface area contributed by atoms with Gasteiger partial charge in [0.15, 0.2) is 0 Å². The van der Waals surface area contributed by atoms with Crippen molar-refractivity contribution in [1.29, 1.82) is 0 Å². The molecule has 0 aliphatic carbocycles. The van der Waals surface area contributed by atoms with Crippen molar-refractivity contribution in [3.8, 4) is 0 Å². The monoisotopic (exact) mass is 247 g/mol. The minimum absolute atomic E-state index is 0.209.